The van der Waals surface area contributed by atoms with Crippen molar-refractivity contribution in [1.29, 1.82) is 0 Å². The zero-order chi connectivity index (χ0) is 17.4. The van der Waals surface area contributed by atoms with Gasteiger partial charge in [-0.25, -0.2) is 0 Å². The van der Waals surface area contributed by atoms with Crippen LogP contribution in [0.15, 0.2) is 47.0 Å². The molecule has 4 heteroatoms. The van der Waals surface area contributed by atoms with E-state index in [0.717, 1.165) is 49.7 Å². The number of benzene rings is 1. The second-order valence-electron chi connectivity index (χ2n) is 6.68. The molecule has 0 bridgehead atoms. The number of allylic oxidation sites excluding steroid dienone is 1. The smallest absolute Gasteiger partial charge is 0.0446 e. The van der Waals surface area contributed by atoms with Crippen LogP contribution >= 0.6 is 11.6 Å². The average Bonchev–Trinajstić information content (AvgIpc) is 2.55. The highest BCUT2D eigenvalue weighted by molar-refractivity contribution is 6.31. The van der Waals surface area contributed by atoms with Gasteiger partial charge in [0, 0.05) is 50.4 Å². The standard InChI is InChI=1S/C20H29ClN2O/c1-17(2)8-10-23-12-11-22(16-20(23)9-13-24)15-19(21)14-18-6-4-3-5-7-18/h3-8,14,20,24H,9-13,15-16H2,1-2H3. The monoisotopic (exact) mass is 348 g/mol. The Balaban J connectivity index is 1.93. The van der Waals surface area contributed by atoms with Crippen molar-refractivity contribution in [3.05, 3.63) is 52.6 Å². The maximum Gasteiger partial charge on any atom is 0.0446 e. The summed E-state index contributed by atoms with van der Waals surface area (Å²) in [5.41, 5.74) is 2.48. The molecule has 0 aliphatic carbocycles. The second kappa shape index (κ2) is 10.00. The lowest BCUT2D eigenvalue weighted by atomic mass is 10.1. The molecule has 0 amide bonds. The summed E-state index contributed by atoms with van der Waals surface area (Å²) in [6.07, 6.45) is 5.12. The van der Waals surface area contributed by atoms with Crippen molar-refractivity contribution in [2.24, 2.45) is 0 Å². The predicted molar refractivity (Wildman–Crippen MR) is 103 cm³/mol. The normalized spacial score (nSPS) is 20.2. The Morgan fingerprint density at radius 3 is 2.67 bits per heavy atom. The lowest BCUT2D eigenvalue weighted by Gasteiger charge is -2.41. The van der Waals surface area contributed by atoms with E-state index in [1.54, 1.807) is 0 Å². The second-order valence-corrected chi connectivity index (χ2v) is 7.16. The molecule has 1 aliphatic heterocycles. The molecule has 0 radical (unpaired) electrons. The Kier molecular flexibility index (Phi) is 8.00. The Morgan fingerprint density at radius 1 is 1.25 bits per heavy atom. The zero-order valence-corrected chi connectivity index (χ0v) is 15.5. The number of piperazine rings is 1. The van der Waals surface area contributed by atoms with Crippen LogP contribution < -0.4 is 0 Å². The van der Waals surface area contributed by atoms with Gasteiger partial charge >= 0.3 is 0 Å². The van der Waals surface area contributed by atoms with E-state index in [0.29, 0.717) is 6.04 Å². The Hall–Kier alpha value is -1.13. The highest BCUT2D eigenvalue weighted by atomic mass is 35.5. The zero-order valence-electron chi connectivity index (χ0n) is 14.8. The van der Waals surface area contributed by atoms with Crippen molar-refractivity contribution in [3.63, 3.8) is 0 Å². The van der Waals surface area contributed by atoms with E-state index in [1.165, 1.54) is 5.57 Å². The van der Waals surface area contributed by atoms with E-state index in [-0.39, 0.29) is 6.61 Å². The van der Waals surface area contributed by atoms with E-state index in [9.17, 15) is 5.11 Å². The molecule has 1 aromatic carbocycles. The summed E-state index contributed by atoms with van der Waals surface area (Å²) in [5, 5.41) is 10.2. The van der Waals surface area contributed by atoms with Crippen molar-refractivity contribution in [1.82, 2.24) is 9.80 Å². The number of rotatable bonds is 7. The minimum atomic E-state index is 0.234. The third-order valence-electron chi connectivity index (χ3n) is 4.38. The molecule has 1 fully saturated rings. The lowest BCUT2D eigenvalue weighted by Crippen LogP contribution is -2.53. The summed E-state index contributed by atoms with van der Waals surface area (Å²) >= 11 is 6.46. The minimum absolute atomic E-state index is 0.234. The van der Waals surface area contributed by atoms with Gasteiger partial charge in [-0.3, -0.25) is 9.80 Å². The van der Waals surface area contributed by atoms with Gasteiger partial charge in [0.25, 0.3) is 0 Å². The Labute approximate surface area is 151 Å². The van der Waals surface area contributed by atoms with Crippen molar-refractivity contribution in [2.45, 2.75) is 26.3 Å². The summed E-state index contributed by atoms with van der Waals surface area (Å²) in [5.74, 6) is 0. The summed E-state index contributed by atoms with van der Waals surface area (Å²) in [6, 6.07) is 10.6. The molecule has 0 aromatic heterocycles. The number of hydrogen-bond acceptors (Lipinski definition) is 3. The Morgan fingerprint density at radius 2 is 2.00 bits per heavy atom. The van der Waals surface area contributed by atoms with Crippen molar-refractivity contribution in [3.8, 4) is 0 Å². The molecule has 0 spiro atoms. The van der Waals surface area contributed by atoms with Gasteiger partial charge in [-0.1, -0.05) is 53.6 Å². The summed E-state index contributed by atoms with van der Waals surface area (Å²) in [7, 11) is 0. The van der Waals surface area contributed by atoms with Crippen LogP contribution in [0.1, 0.15) is 25.8 Å². The third kappa shape index (κ3) is 6.40. The number of halogens is 1. The minimum Gasteiger partial charge on any atom is -0.396 e. The number of aliphatic hydroxyl groups excluding tert-OH is 1. The topological polar surface area (TPSA) is 26.7 Å². The average molecular weight is 349 g/mol. The van der Waals surface area contributed by atoms with Gasteiger partial charge in [0.15, 0.2) is 0 Å². The molecule has 2 rings (SSSR count). The van der Waals surface area contributed by atoms with E-state index < -0.39 is 0 Å². The van der Waals surface area contributed by atoms with Crippen LogP contribution in [0, 0.1) is 0 Å². The first kappa shape index (κ1) is 19.2. The van der Waals surface area contributed by atoms with Crippen LogP contribution in [0.3, 0.4) is 0 Å². The highest BCUT2D eigenvalue weighted by Crippen LogP contribution is 2.17. The van der Waals surface area contributed by atoms with Gasteiger partial charge < -0.3 is 5.11 Å². The molecule has 1 unspecified atom stereocenters. The van der Waals surface area contributed by atoms with Crippen molar-refractivity contribution < 1.29 is 5.11 Å². The quantitative estimate of drug-likeness (QED) is 0.763. The SMILES string of the molecule is CC(C)=CCN1CCN(CC(Cl)=Cc2ccccc2)CC1CCO. The molecule has 1 heterocycles. The van der Waals surface area contributed by atoms with E-state index >= 15 is 0 Å². The van der Waals surface area contributed by atoms with Crippen LogP contribution in [-0.4, -0.2) is 60.3 Å². The van der Waals surface area contributed by atoms with Crippen LogP contribution in [0.2, 0.25) is 0 Å². The highest BCUT2D eigenvalue weighted by Gasteiger charge is 2.25. The third-order valence-corrected chi connectivity index (χ3v) is 4.61. The largest absolute Gasteiger partial charge is 0.396 e. The first-order chi connectivity index (χ1) is 11.6. The number of nitrogens with zero attached hydrogens (tertiary/aromatic N) is 2. The van der Waals surface area contributed by atoms with Gasteiger partial charge in [-0.2, -0.15) is 0 Å². The lowest BCUT2D eigenvalue weighted by molar-refractivity contribution is 0.0738. The first-order valence-electron chi connectivity index (χ1n) is 8.70. The molecule has 3 nitrogen and oxygen atoms in total. The molecule has 1 N–H and O–H groups in total. The summed E-state index contributed by atoms with van der Waals surface area (Å²) in [4.78, 5) is 4.86. The maximum absolute atomic E-state index is 9.38. The molecule has 1 saturated heterocycles. The summed E-state index contributed by atoms with van der Waals surface area (Å²) < 4.78 is 0. The molecular weight excluding hydrogens is 320 g/mol. The van der Waals surface area contributed by atoms with E-state index in [1.807, 2.05) is 24.3 Å². The van der Waals surface area contributed by atoms with Crippen LogP contribution in [-0.2, 0) is 0 Å². The maximum atomic E-state index is 9.38. The van der Waals surface area contributed by atoms with Crippen LogP contribution in [0.4, 0.5) is 0 Å². The van der Waals surface area contributed by atoms with Crippen molar-refractivity contribution >= 4 is 17.7 Å². The number of hydrogen-bond donors (Lipinski definition) is 1. The number of aliphatic hydroxyl groups is 1. The Bertz CT molecular complexity index is 552. The predicted octanol–water partition coefficient (Wildman–Crippen LogP) is 3.60. The van der Waals surface area contributed by atoms with Gasteiger partial charge in [-0.15, -0.1) is 0 Å². The van der Waals surface area contributed by atoms with Gasteiger partial charge in [-0.05, 0) is 31.9 Å². The van der Waals surface area contributed by atoms with Crippen molar-refractivity contribution in [2.75, 3.05) is 39.3 Å². The van der Waals surface area contributed by atoms with Crippen LogP contribution in [0.5, 0.6) is 0 Å². The molecule has 1 aliphatic rings. The molecule has 0 saturated carbocycles. The molecule has 24 heavy (non-hydrogen) atoms. The van der Waals surface area contributed by atoms with Gasteiger partial charge in [0.1, 0.15) is 0 Å². The molecule has 132 valence electrons. The summed E-state index contributed by atoms with van der Waals surface area (Å²) in [6.45, 7) is 9.22. The molecular formula is C20H29ClN2O. The van der Waals surface area contributed by atoms with E-state index in [4.69, 9.17) is 11.6 Å². The van der Waals surface area contributed by atoms with Gasteiger partial charge in [0.05, 0.1) is 0 Å². The fourth-order valence-electron chi connectivity index (χ4n) is 3.05. The molecule has 1 atom stereocenters. The fraction of sp³-hybridized carbons (Fsp3) is 0.500. The van der Waals surface area contributed by atoms with Gasteiger partial charge in [0.2, 0.25) is 0 Å². The molecule has 1 aromatic rings. The fourth-order valence-corrected chi connectivity index (χ4v) is 3.35. The van der Waals surface area contributed by atoms with E-state index in [2.05, 4.69) is 41.9 Å². The van der Waals surface area contributed by atoms with Crippen LogP contribution in [0.25, 0.3) is 6.08 Å². The first-order valence-corrected chi connectivity index (χ1v) is 9.08.